The van der Waals surface area contributed by atoms with Gasteiger partial charge in [0.1, 0.15) is 12.2 Å². The van der Waals surface area contributed by atoms with Crippen LogP contribution in [0, 0.1) is 11.8 Å². The maximum atomic E-state index is 13.5. The molecule has 12 heteroatoms. The maximum Gasteiger partial charge on any atom is 0.522 e. The highest BCUT2D eigenvalue weighted by Crippen LogP contribution is 2.36. The highest BCUT2D eigenvalue weighted by Gasteiger charge is 2.37. The van der Waals surface area contributed by atoms with Gasteiger partial charge in [-0.15, -0.1) is 13.2 Å². The molecular weight excluding hydrogens is 483 g/mol. The molecule has 3 amide bonds. The van der Waals surface area contributed by atoms with Crippen molar-refractivity contribution in [3.05, 3.63) is 35.6 Å². The third-order valence-electron chi connectivity index (χ3n) is 6.00. The molecule has 3 atom stereocenters. The molecule has 1 aliphatic rings. The number of halogens is 3. The standard InChI is InChI=1S/C24H28F3N3O6/c1-12(2)9-15(19-14-5-3-4-6-18(14)36-20(19)21(28)32)23(34)30-16(10-13-7-8-29-22(13)33)17(31)11-35-24(25,26)27/h3-6,12-13,15-16H,7-11H2,1-2H3,(H2,28,32)(H,29,33)(H,30,34)/t13-,15-,16-/m0/s1. The van der Waals surface area contributed by atoms with E-state index >= 15 is 0 Å². The predicted octanol–water partition coefficient (Wildman–Crippen LogP) is 2.78. The summed E-state index contributed by atoms with van der Waals surface area (Å²) in [5.74, 6) is -4.92. The zero-order chi connectivity index (χ0) is 26.6. The van der Waals surface area contributed by atoms with Gasteiger partial charge in [0.25, 0.3) is 5.91 Å². The lowest BCUT2D eigenvalue weighted by atomic mass is 9.86. The van der Waals surface area contributed by atoms with E-state index in [0.29, 0.717) is 23.9 Å². The molecule has 2 aromatic rings. The Bertz CT molecular complexity index is 1140. The summed E-state index contributed by atoms with van der Waals surface area (Å²) in [7, 11) is 0. The molecule has 2 heterocycles. The van der Waals surface area contributed by atoms with Crippen molar-refractivity contribution >= 4 is 34.5 Å². The van der Waals surface area contributed by atoms with Crippen LogP contribution in [0.15, 0.2) is 28.7 Å². The number of fused-ring (bicyclic) bond motifs is 1. The number of nitrogens with one attached hydrogen (secondary N) is 2. The van der Waals surface area contributed by atoms with Crippen molar-refractivity contribution in [1.29, 1.82) is 0 Å². The van der Waals surface area contributed by atoms with Crippen LogP contribution in [0.4, 0.5) is 13.2 Å². The number of Topliss-reactive ketones (excluding diaryl/α,β-unsaturated/α-hetero) is 1. The number of carbonyl (C=O) groups is 4. The average Bonchev–Trinajstić information content (AvgIpc) is 3.38. The average molecular weight is 511 g/mol. The van der Waals surface area contributed by atoms with Gasteiger partial charge in [0, 0.05) is 23.4 Å². The van der Waals surface area contributed by atoms with Crippen LogP contribution in [0.5, 0.6) is 0 Å². The van der Waals surface area contributed by atoms with Gasteiger partial charge in [0.05, 0.1) is 12.0 Å². The predicted molar refractivity (Wildman–Crippen MR) is 122 cm³/mol. The van der Waals surface area contributed by atoms with E-state index in [2.05, 4.69) is 15.4 Å². The lowest BCUT2D eigenvalue weighted by molar-refractivity contribution is -0.321. The van der Waals surface area contributed by atoms with E-state index in [-0.39, 0.29) is 36.0 Å². The molecule has 1 fully saturated rings. The number of hydrogen-bond donors (Lipinski definition) is 3. The molecule has 1 saturated heterocycles. The van der Waals surface area contributed by atoms with Crippen molar-refractivity contribution < 1.29 is 41.5 Å². The third kappa shape index (κ3) is 6.62. The minimum absolute atomic E-state index is 0.0570. The van der Waals surface area contributed by atoms with Gasteiger partial charge in [0.2, 0.25) is 11.8 Å². The van der Waals surface area contributed by atoms with Gasteiger partial charge in [-0.3, -0.25) is 23.9 Å². The summed E-state index contributed by atoms with van der Waals surface area (Å²) >= 11 is 0. The zero-order valence-electron chi connectivity index (χ0n) is 19.8. The smallest absolute Gasteiger partial charge is 0.451 e. The van der Waals surface area contributed by atoms with Crippen LogP contribution in [-0.2, 0) is 19.1 Å². The summed E-state index contributed by atoms with van der Waals surface area (Å²) < 4.78 is 46.9. The Hall–Kier alpha value is -3.41. The number of para-hydroxylation sites is 1. The highest BCUT2D eigenvalue weighted by atomic mass is 19.4. The highest BCUT2D eigenvalue weighted by molar-refractivity contribution is 6.02. The number of ketones is 1. The Morgan fingerprint density at radius 1 is 1.25 bits per heavy atom. The molecule has 0 radical (unpaired) electrons. The number of hydrogen-bond acceptors (Lipinski definition) is 6. The fourth-order valence-electron chi connectivity index (χ4n) is 4.37. The second kappa shape index (κ2) is 11.1. The molecule has 0 aliphatic carbocycles. The molecular formula is C24H28F3N3O6. The minimum atomic E-state index is -5.04. The second-order valence-electron chi connectivity index (χ2n) is 9.16. The normalized spacial score (nSPS) is 17.7. The van der Waals surface area contributed by atoms with E-state index in [9.17, 15) is 32.3 Å². The monoisotopic (exact) mass is 511 g/mol. The first-order valence-corrected chi connectivity index (χ1v) is 11.5. The number of alkyl halides is 3. The Kier molecular flexibility index (Phi) is 8.39. The summed E-state index contributed by atoms with van der Waals surface area (Å²) in [6.07, 6.45) is -4.65. The SMILES string of the molecule is CC(C)C[C@H](C(=O)N[C@@H](C[C@@H]1CCNC1=O)C(=O)COC(F)(F)F)c1c(C(N)=O)oc2ccccc12. The van der Waals surface area contributed by atoms with Crippen molar-refractivity contribution in [2.45, 2.75) is 51.4 Å². The zero-order valence-corrected chi connectivity index (χ0v) is 19.8. The molecule has 36 heavy (non-hydrogen) atoms. The number of furan rings is 1. The van der Waals surface area contributed by atoms with Crippen LogP contribution in [0.2, 0.25) is 0 Å². The van der Waals surface area contributed by atoms with Crippen molar-refractivity contribution in [2.75, 3.05) is 13.2 Å². The minimum Gasteiger partial charge on any atom is -0.451 e. The molecule has 9 nitrogen and oxygen atoms in total. The van der Waals surface area contributed by atoms with Crippen LogP contribution in [0.25, 0.3) is 11.0 Å². The molecule has 0 spiro atoms. The quantitative estimate of drug-likeness (QED) is 0.424. The van der Waals surface area contributed by atoms with Gasteiger partial charge in [-0.25, -0.2) is 0 Å². The number of rotatable bonds is 11. The van der Waals surface area contributed by atoms with Crippen LogP contribution in [-0.4, -0.2) is 49.1 Å². The van der Waals surface area contributed by atoms with Crippen LogP contribution >= 0.6 is 0 Å². The molecule has 0 saturated carbocycles. The summed E-state index contributed by atoms with van der Waals surface area (Å²) in [6, 6.07) is 5.22. The van der Waals surface area contributed by atoms with E-state index in [4.69, 9.17) is 10.2 Å². The first-order chi connectivity index (χ1) is 16.9. The number of carbonyl (C=O) groups excluding carboxylic acids is 4. The number of primary amides is 1. The molecule has 0 unspecified atom stereocenters. The maximum absolute atomic E-state index is 13.5. The first-order valence-electron chi connectivity index (χ1n) is 11.5. The molecule has 1 aromatic heterocycles. The van der Waals surface area contributed by atoms with Gasteiger partial charge in [-0.2, -0.15) is 0 Å². The molecule has 1 aromatic carbocycles. The molecule has 1 aliphatic heterocycles. The fourth-order valence-corrected chi connectivity index (χ4v) is 4.37. The van der Waals surface area contributed by atoms with E-state index in [1.807, 2.05) is 13.8 Å². The Morgan fingerprint density at radius 2 is 1.94 bits per heavy atom. The van der Waals surface area contributed by atoms with Crippen molar-refractivity contribution in [3.8, 4) is 0 Å². The van der Waals surface area contributed by atoms with Crippen LogP contribution < -0.4 is 16.4 Å². The van der Waals surface area contributed by atoms with Gasteiger partial charge >= 0.3 is 6.36 Å². The number of benzene rings is 1. The third-order valence-corrected chi connectivity index (χ3v) is 6.00. The largest absolute Gasteiger partial charge is 0.522 e. The van der Waals surface area contributed by atoms with E-state index in [0.717, 1.165) is 0 Å². The summed E-state index contributed by atoms with van der Waals surface area (Å²) in [6.45, 7) is 2.72. The summed E-state index contributed by atoms with van der Waals surface area (Å²) in [4.78, 5) is 50.4. The Balaban J connectivity index is 1.95. The topological polar surface area (TPSA) is 141 Å². The second-order valence-corrected chi connectivity index (χ2v) is 9.16. The fraction of sp³-hybridized carbons (Fsp3) is 0.500. The lowest BCUT2D eigenvalue weighted by Crippen LogP contribution is -2.47. The summed E-state index contributed by atoms with van der Waals surface area (Å²) in [5.41, 5.74) is 6.08. The molecule has 196 valence electrons. The van der Waals surface area contributed by atoms with Gasteiger partial charge in [-0.1, -0.05) is 32.0 Å². The Labute approximate surface area is 204 Å². The van der Waals surface area contributed by atoms with E-state index in [1.165, 1.54) is 0 Å². The number of amides is 3. The van der Waals surface area contributed by atoms with Gasteiger partial charge < -0.3 is 20.8 Å². The van der Waals surface area contributed by atoms with E-state index in [1.54, 1.807) is 24.3 Å². The van der Waals surface area contributed by atoms with Crippen molar-refractivity contribution in [1.82, 2.24) is 10.6 Å². The number of ether oxygens (including phenoxy) is 1. The van der Waals surface area contributed by atoms with E-state index < -0.39 is 48.4 Å². The number of nitrogens with two attached hydrogens (primary N) is 1. The van der Waals surface area contributed by atoms with Crippen molar-refractivity contribution in [2.24, 2.45) is 17.6 Å². The lowest BCUT2D eigenvalue weighted by Gasteiger charge is -2.24. The van der Waals surface area contributed by atoms with Crippen LogP contribution in [0.1, 0.15) is 55.1 Å². The van der Waals surface area contributed by atoms with Gasteiger partial charge in [0.15, 0.2) is 11.5 Å². The Morgan fingerprint density at radius 3 is 2.53 bits per heavy atom. The summed E-state index contributed by atoms with van der Waals surface area (Å²) in [5, 5.41) is 5.59. The molecule has 4 N–H and O–H groups in total. The van der Waals surface area contributed by atoms with Gasteiger partial charge in [-0.05, 0) is 31.2 Å². The molecule has 3 rings (SSSR count). The first kappa shape index (κ1) is 27.2. The van der Waals surface area contributed by atoms with Crippen LogP contribution in [0.3, 0.4) is 0 Å². The molecule has 0 bridgehead atoms. The van der Waals surface area contributed by atoms with Crippen molar-refractivity contribution in [3.63, 3.8) is 0 Å².